The molecule has 5 heteroatoms. The number of carbonyl (C=O) groups is 1. The minimum Gasteiger partial charge on any atom is -0.495 e. The van der Waals surface area contributed by atoms with Crippen molar-refractivity contribution in [1.82, 2.24) is 0 Å². The van der Waals surface area contributed by atoms with Crippen molar-refractivity contribution in [2.75, 3.05) is 19.0 Å². The van der Waals surface area contributed by atoms with Crippen LogP contribution >= 0.6 is 0 Å². The summed E-state index contributed by atoms with van der Waals surface area (Å²) in [6.07, 6.45) is 1.12. The van der Waals surface area contributed by atoms with Crippen LogP contribution < -0.4 is 15.8 Å². The second-order valence-electron chi connectivity index (χ2n) is 4.75. The Morgan fingerprint density at radius 1 is 1.53 bits per heavy atom. The van der Waals surface area contributed by atoms with Gasteiger partial charge in [0.1, 0.15) is 11.9 Å². The third-order valence-corrected chi connectivity index (χ3v) is 3.28. The predicted molar refractivity (Wildman–Crippen MR) is 73.3 cm³/mol. The van der Waals surface area contributed by atoms with Crippen LogP contribution in [0.4, 0.5) is 5.69 Å². The van der Waals surface area contributed by atoms with Crippen LogP contribution in [0.3, 0.4) is 0 Å². The Balaban J connectivity index is 2.03. The molecule has 1 fully saturated rings. The first-order valence-corrected chi connectivity index (χ1v) is 6.45. The number of benzene rings is 1. The van der Waals surface area contributed by atoms with E-state index in [1.54, 1.807) is 7.11 Å². The van der Waals surface area contributed by atoms with E-state index in [0.29, 0.717) is 24.4 Å². The highest BCUT2D eigenvalue weighted by Gasteiger charge is 2.30. The van der Waals surface area contributed by atoms with Gasteiger partial charge in [0.05, 0.1) is 18.9 Å². The maximum Gasteiger partial charge on any atom is 0.253 e. The molecule has 0 aromatic heterocycles. The lowest BCUT2D eigenvalue weighted by Gasteiger charge is -2.15. The zero-order valence-electron chi connectivity index (χ0n) is 11.3. The van der Waals surface area contributed by atoms with E-state index in [2.05, 4.69) is 5.32 Å². The monoisotopic (exact) mass is 264 g/mol. The molecule has 0 radical (unpaired) electrons. The maximum atomic E-state index is 12.1. The summed E-state index contributed by atoms with van der Waals surface area (Å²) in [5.74, 6) is 0.514. The van der Waals surface area contributed by atoms with Crippen molar-refractivity contribution in [2.24, 2.45) is 5.73 Å². The van der Waals surface area contributed by atoms with Gasteiger partial charge in [-0.1, -0.05) is 6.07 Å². The molecule has 0 aliphatic carbocycles. The molecule has 19 heavy (non-hydrogen) atoms. The molecule has 0 saturated carbocycles. The molecule has 1 amide bonds. The number of aryl methyl sites for hydroxylation is 1. The van der Waals surface area contributed by atoms with Crippen LogP contribution in [0.15, 0.2) is 18.2 Å². The van der Waals surface area contributed by atoms with Crippen molar-refractivity contribution in [3.8, 4) is 5.75 Å². The molecule has 1 aliphatic rings. The second kappa shape index (κ2) is 6.04. The third kappa shape index (κ3) is 3.24. The fourth-order valence-electron chi connectivity index (χ4n) is 2.19. The lowest BCUT2D eigenvalue weighted by molar-refractivity contribution is -0.126. The lowest BCUT2D eigenvalue weighted by Crippen LogP contribution is -2.29. The van der Waals surface area contributed by atoms with E-state index in [-0.39, 0.29) is 12.0 Å². The van der Waals surface area contributed by atoms with Crippen LogP contribution in [0.1, 0.15) is 18.4 Å². The van der Waals surface area contributed by atoms with Crippen LogP contribution in [0.5, 0.6) is 5.75 Å². The number of amides is 1. The minimum atomic E-state index is -0.417. The zero-order chi connectivity index (χ0) is 13.8. The average Bonchev–Trinajstić information content (AvgIpc) is 2.89. The molecule has 0 spiro atoms. The van der Waals surface area contributed by atoms with Gasteiger partial charge in [-0.05, 0) is 37.5 Å². The first kappa shape index (κ1) is 13.8. The Morgan fingerprint density at radius 3 is 2.95 bits per heavy atom. The van der Waals surface area contributed by atoms with Crippen molar-refractivity contribution in [1.29, 1.82) is 0 Å². The standard InChI is InChI=1S/C14H20N2O3/c1-9-3-5-11(13(7-9)18-2)16-14(17)12-6-4-10(8-15)19-12/h3,5,7,10,12H,4,6,8,15H2,1-2H3,(H,16,17). The number of methoxy groups -OCH3 is 1. The summed E-state index contributed by atoms with van der Waals surface area (Å²) in [7, 11) is 1.58. The molecule has 2 unspecified atom stereocenters. The molecule has 1 saturated heterocycles. The van der Waals surface area contributed by atoms with Crippen LogP contribution in [0, 0.1) is 6.92 Å². The van der Waals surface area contributed by atoms with E-state index in [4.69, 9.17) is 15.2 Å². The summed E-state index contributed by atoms with van der Waals surface area (Å²) >= 11 is 0. The molecule has 1 aromatic carbocycles. The fraction of sp³-hybridized carbons (Fsp3) is 0.500. The van der Waals surface area contributed by atoms with E-state index in [1.165, 1.54) is 0 Å². The Kier molecular flexibility index (Phi) is 4.39. The number of anilines is 1. The SMILES string of the molecule is COc1cc(C)ccc1NC(=O)C1CCC(CN)O1. The van der Waals surface area contributed by atoms with Crippen LogP contribution in [-0.2, 0) is 9.53 Å². The number of rotatable bonds is 4. The van der Waals surface area contributed by atoms with Gasteiger partial charge >= 0.3 is 0 Å². The lowest BCUT2D eigenvalue weighted by atomic mass is 10.1. The summed E-state index contributed by atoms with van der Waals surface area (Å²) in [6, 6.07) is 5.64. The summed E-state index contributed by atoms with van der Waals surface area (Å²) < 4.78 is 10.8. The van der Waals surface area contributed by atoms with Crippen LogP contribution in [-0.4, -0.2) is 31.8 Å². The van der Waals surface area contributed by atoms with Crippen molar-refractivity contribution in [3.05, 3.63) is 23.8 Å². The van der Waals surface area contributed by atoms with Gasteiger partial charge in [0.25, 0.3) is 5.91 Å². The van der Waals surface area contributed by atoms with E-state index in [1.807, 2.05) is 25.1 Å². The molecule has 104 valence electrons. The Hall–Kier alpha value is -1.59. The normalized spacial score (nSPS) is 22.3. The van der Waals surface area contributed by atoms with E-state index in [0.717, 1.165) is 12.0 Å². The molecule has 5 nitrogen and oxygen atoms in total. The molecule has 1 aliphatic heterocycles. The maximum absolute atomic E-state index is 12.1. The highest BCUT2D eigenvalue weighted by molar-refractivity contribution is 5.95. The van der Waals surface area contributed by atoms with E-state index < -0.39 is 6.10 Å². The Bertz CT molecular complexity index is 462. The van der Waals surface area contributed by atoms with Crippen molar-refractivity contribution in [3.63, 3.8) is 0 Å². The largest absolute Gasteiger partial charge is 0.495 e. The van der Waals surface area contributed by atoms with E-state index >= 15 is 0 Å². The zero-order valence-corrected chi connectivity index (χ0v) is 11.3. The quantitative estimate of drug-likeness (QED) is 0.863. The number of hydrogen-bond donors (Lipinski definition) is 2. The second-order valence-corrected chi connectivity index (χ2v) is 4.75. The van der Waals surface area contributed by atoms with Gasteiger partial charge in [-0.2, -0.15) is 0 Å². The molecule has 2 rings (SSSR count). The third-order valence-electron chi connectivity index (χ3n) is 3.28. The van der Waals surface area contributed by atoms with Crippen molar-refractivity contribution in [2.45, 2.75) is 32.0 Å². The number of ether oxygens (including phenoxy) is 2. The number of carbonyl (C=O) groups excluding carboxylic acids is 1. The van der Waals surface area contributed by atoms with Gasteiger partial charge in [0.15, 0.2) is 0 Å². The molecular weight excluding hydrogens is 244 g/mol. The Labute approximate surface area is 113 Å². The molecule has 3 N–H and O–H groups in total. The van der Waals surface area contributed by atoms with Crippen LogP contribution in [0.25, 0.3) is 0 Å². The van der Waals surface area contributed by atoms with Crippen molar-refractivity contribution < 1.29 is 14.3 Å². The first-order chi connectivity index (χ1) is 9.13. The van der Waals surface area contributed by atoms with E-state index in [9.17, 15) is 4.79 Å². The fourth-order valence-corrected chi connectivity index (χ4v) is 2.19. The molecular formula is C14H20N2O3. The molecule has 0 bridgehead atoms. The molecule has 1 heterocycles. The number of hydrogen-bond acceptors (Lipinski definition) is 4. The van der Waals surface area contributed by atoms with Gasteiger partial charge in [-0.3, -0.25) is 4.79 Å². The number of nitrogens with one attached hydrogen (secondary N) is 1. The summed E-state index contributed by atoms with van der Waals surface area (Å²) in [6.45, 7) is 2.43. The van der Waals surface area contributed by atoms with Gasteiger partial charge in [-0.15, -0.1) is 0 Å². The van der Waals surface area contributed by atoms with Gasteiger partial charge in [0, 0.05) is 6.54 Å². The van der Waals surface area contributed by atoms with Gasteiger partial charge < -0.3 is 20.5 Å². The van der Waals surface area contributed by atoms with Crippen LogP contribution in [0.2, 0.25) is 0 Å². The molecule has 1 aromatic rings. The topological polar surface area (TPSA) is 73.6 Å². The minimum absolute atomic E-state index is 0.00402. The first-order valence-electron chi connectivity index (χ1n) is 6.45. The van der Waals surface area contributed by atoms with Gasteiger partial charge in [0.2, 0.25) is 0 Å². The summed E-state index contributed by atoms with van der Waals surface area (Å²) in [5, 5.41) is 2.85. The van der Waals surface area contributed by atoms with Gasteiger partial charge in [-0.25, -0.2) is 0 Å². The number of nitrogens with two attached hydrogens (primary N) is 1. The highest BCUT2D eigenvalue weighted by atomic mass is 16.5. The van der Waals surface area contributed by atoms with Crippen molar-refractivity contribution >= 4 is 11.6 Å². The average molecular weight is 264 g/mol. The molecule has 2 atom stereocenters. The summed E-state index contributed by atoms with van der Waals surface area (Å²) in [4.78, 5) is 12.1. The Morgan fingerprint density at radius 2 is 2.32 bits per heavy atom. The smallest absolute Gasteiger partial charge is 0.253 e. The summed E-state index contributed by atoms with van der Waals surface area (Å²) in [5.41, 5.74) is 7.28. The highest BCUT2D eigenvalue weighted by Crippen LogP contribution is 2.27. The predicted octanol–water partition coefficient (Wildman–Crippen LogP) is 1.45.